The lowest BCUT2D eigenvalue weighted by Gasteiger charge is -2.14. The molecule has 1 rings (SSSR count). The van der Waals surface area contributed by atoms with Crippen molar-refractivity contribution < 1.29 is 19.4 Å². The van der Waals surface area contributed by atoms with Crippen molar-refractivity contribution in [1.29, 1.82) is 0 Å². The number of phenols is 1. The molecule has 0 aromatic heterocycles. The largest absolute Gasteiger partial charge is 0.507 e. The van der Waals surface area contributed by atoms with E-state index in [1.54, 1.807) is 6.07 Å². The SMILES string of the molecule is COC(CNC(=O)c1ccc(Br)cc1O)OC. The average molecular weight is 304 g/mol. The van der Waals surface area contributed by atoms with Gasteiger partial charge in [0, 0.05) is 18.7 Å². The number of hydrogen-bond donors (Lipinski definition) is 2. The second kappa shape index (κ2) is 6.58. The molecule has 5 nitrogen and oxygen atoms in total. The first-order valence-corrected chi connectivity index (χ1v) is 5.70. The van der Waals surface area contributed by atoms with Crippen molar-refractivity contribution in [1.82, 2.24) is 5.32 Å². The molecule has 0 aliphatic rings. The molecule has 0 heterocycles. The standard InChI is InChI=1S/C11H14BrNO4/c1-16-10(17-2)6-13-11(15)8-4-3-7(12)5-9(8)14/h3-5,10,14H,6H2,1-2H3,(H,13,15). The molecule has 0 saturated carbocycles. The lowest BCUT2D eigenvalue weighted by atomic mass is 10.2. The van der Waals surface area contributed by atoms with Crippen LogP contribution in [0.1, 0.15) is 10.4 Å². The smallest absolute Gasteiger partial charge is 0.255 e. The van der Waals surface area contributed by atoms with Crippen LogP contribution in [0.5, 0.6) is 5.75 Å². The maximum atomic E-state index is 11.7. The summed E-state index contributed by atoms with van der Waals surface area (Å²) in [6.07, 6.45) is -0.503. The van der Waals surface area contributed by atoms with Gasteiger partial charge in [0.15, 0.2) is 6.29 Å². The van der Waals surface area contributed by atoms with E-state index in [4.69, 9.17) is 9.47 Å². The highest BCUT2D eigenvalue weighted by Crippen LogP contribution is 2.21. The van der Waals surface area contributed by atoms with Gasteiger partial charge in [0.05, 0.1) is 12.1 Å². The van der Waals surface area contributed by atoms with Crippen LogP contribution in [0.15, 0.2) is 22.7 Å². The lowest BCUT2D eigenvalue weighted by Crippen LogP contribution is -2.34. The molecule has 17 heavy (non-hydrogen) atoms. The average Bonchev–Trinajstić information content (AvgIpc) is 2.30. The molecular weight excluding hydrogens is 290 g/mol. The van der Waals surface area contributed by atoms with Gasteiger partial charge in [0.25, 0.3) is 5.91 Å². The maximum Gasteiger partial charge on any atom is 0.255 e. The highest BCUT2D eigenvalue weighted by Gasteiger charge is 2.13. The van der Waals surface area contributed by atoms with Crippen molar-refractivity contribution in [3.05, 3.63) is 28.2 Å². The Bertz CT molecular complexity index is 393. The molecular formula is C11H14BrNO4. The molecule has 6 heteroatoms. The summed E-state index contributed by atoms with van der Waals surface area (Å²) in [5.41, 5.74) is 0.208. The van der Waals surface area contributed by atoms with E-state index in [1.165, 1.54) is 26.4 Å². The van der Waals surface area contributed by atoms with Crippen molar-refractivity contribution in [2.45, 2.75) is 6.29 Å². The second-order valence-electron chi connectivity index (χ2n) is 3.27. The number of carbonyl (C=O) groups excluding carboxylic acids is 1. The van der Waals surface area contributed by atoms with Gasteiger partial charge in [-0.2, -0.15) is 0 Å². The van der Waals surface area contributed by atoms with Crippen LogP contribution in [0, 0.1) is 0 Å². The third-order valence-electron chi connectivity index (χ3n) is 2.16. The number of aromatic hydroxyl groups is 1. The molecule has 0 spiro atoms. The molecule has 0 fully saturated rings. The molecule has 0 aliphatic heterocycles. The zero-order valence-corrected chi connectivity index (χ0v) is 11.2. The summed E-state index contributed by atoms with van der Waals surface area (Å²) in [5, 5.41) is 12.2. The zero-order valence-electron chi connectivity index (χ0n) is 9.57. The number of methoxy groups -OCH3 is 2. The molecule has 1 amide bonds. The molecule has 0 atom stereocenters. The van der Waals surface area contributed by atoms with Crippen LogP contribution in [0.2, 0.25) is 0 Å². The Labute approximate surface area is 108 Å². The number of rotatable bonds is 5. The van der Waals surface area contributed by atoms with Gasteiger partial charge in [-0.25, -0.2) is 0 Å². The Balaban J connectivity index is 2.64. The molecule has 2 N–H and O–H groups in total. The highest BCUT2D eigenvalue weighted by atomic mass is 79.9. The summed E-state index contributed by atoms with van der Waals surface area (Å²) < 4.78 is 10.6. The first-order chi connectivity index (χ1) is 8.08. The van der Waals surface area contributed by atoms with Crippen molar-refractivity contribution in [2.75, 3.05) is 20.8 Å². The number of halogens is 1. The predicted octanol–water partition coefficient (Wildman–Crippen LogP) is 1.50. The summed E-state index contributed by atoms with van der Waals surface area (Å²) in [4.78, 5) is 11.7. The van der Waals surface area contributed by atoms with Crippen molar-refractivity contribution in [3.63, 3.8) is 0 Å². The van der Waals surface area contributed by atoms with Crippen LogP contribution >= 0.6 is 15.9 Å². The van der Waals surface area contributed by atoms with E-state index in [0.717, 1.165) is 0 Å². The minimum absolute atomic E-state index is 0.0803. The van der Waals surface area contributed by atoms with E-state index >= 15 is 0 Å². The van der Waals surface area contributed by atoms with Crippen molar-refractivity contribution in [2.24, 2.45) is 0 Å². The topological polar surface area (TPSA) is 67.8 Å². The maximum absolute atomic E-state index is 11.7. The van der Waals surface area contributed by atoms with Crippen LogP contribution in [-0.4, -0.2) is 38.1 Å². The fourth-order valence-corrected chi connectivity index (χ4v) is 1.58. The number of phenolic OH excluding ortho intramolecular Hbond substituents is 1. The molecule has 1 aromatic rings. The summed E-state index contributed by atoms with van der Waals surface area (Å²) in [6, 6.07) is 4.67. The Morgan fingerprint density at radius 2 is 2.12 bits per heavy atom. The minimum atomic E-state index is -0.503. The highest BCUT2D eigenvalue weighted by molar-refractivity contribution is 9.10. The van der Waals surface area contributed by atoms with Gasteiger partial charge in [-0.15, -0.1) is 0 Å². The van der Waals surface area contributed by atoms with Crippen LogP contribution in [0.25, 0.3) is 0 Å². The van der Waals surface area contributed by atoms with Crippen LogP contribution in [0.3, 0.4) is 0 Å². The van der Waals surface area contributed by atoms with Crippen molar-refractivity contribution in [3.8, 4) is 5.75 Å². The normalized spacial score (nSPS) is 10.6. The number of ether oxygens (including phenoxy) is 2. The molecule has 94 valence electrons. The van der Waals surface area contributed by atoms with Gasteiger partial charge in [0.2, 0.25) is 0 Å². The van der Waals surface area contributed by atoms with Gasteiger partial charge >= 0.3 is 0 Å². The van der Waals surface area contributed by atoms with E-state index in [2.05, 4.69) is 21.2 Å². The Morgan fingerprint density at radius 3 is 2.65 bits per heavy atom. The molecule has 1 aromatic carbocycles. The van der Waals surface area contributed by atoms with E-state index in [-0.39, 0.29) is 23.8 Å². The minimum Gasteiger partial charge on any atom is -0.507 e. The Morgan fingerprint density at radius 1 is 1.47 bits per heavy atom. The van der Waals surface area contributed by atoms with E-state index in [1.807, 2.05) is 0 Å². The number of nitrogens with one attached hydrogen (secondary N) is 1. The van der Waals surface area contributed by atoms with E-state index in [0.29, 0.717) is 4.47 Å². The summed E-state index contributed by atoms with van der Waals surface area (Å²) in [7, 11) is 2.97. The van der Waals surface area contributed by atoms with E-state index in [9.17, 15) is 9.90 Å². The lowest BCUT2D eigenvalue weighted by molar-refractivity contribution is -0.0974. The Hall–Kier alpha value is -1.11. The van der Waals surface area contributed by atoms with Gasteiger partial charge in [0.1, 0.15) is 5.75 Å². The Kier molecular flexibility index (Phi) is 5.40. The molecule has 0 saturated heterocycles. The van der Waals surface area contributed by atoms with Crippen molar-refractivity contribution >= 4 is 21.8 Å². The zero-order chi connectivity index (χ0) is 12.8. The van der Waals surface area contributed by atoms with Gasteiger partial charge < -0.3 is 19.9 Å². The predicted molar refractivity (Wildman–Crippen MR) is 65.9 cm³/mol. The van der Waals surface area contributed by atoms with Gasteiger partial charge in [-0.1, -0.05) is 15.9 Å². The first kappa shape index (κ1) is 14.0. The molecule has 0 unspecified atom stereocenters. The molecule has 0 aliphatic carbocycles. The molecule has 0 bridgehead atoms. The van der Waals surface area contributed by atoms with Gasteiger partial charge in [-0.3, -0.25) is 4.79 Å². The van der Waals surface area contributed by atoms with E-state index < -0.39 is 6.29 Å². The third-order valence-corrected chi connectivity index (χ3v) is 2.65. The number of amides is 1. The second-order valence-corrected chi connectivity index (χ2v) is 4.19. The fraction of sp³-hybridized carbons (Fsp3) is 0.364. The number of benzene rings is 1. The summed E-state index contributed by atoms with van der Waals surface area (Å²) >= 11 is 3.20. The van der Waals surface area contributed by atoms with Crippen LogP contribution < -0.4 is 5.32 Å². The first-order valence-electron chi connectivity index (χ1n) is 4.90. The third kappa shape index (κ3) is 3.99. The monoisotopic (exact) mass is 303 g/mol. The molecule has 0 radical (unpaired) electrons. The number of hydrogen-bond acceptors (Lipinski definition) is 4. The number of carbonyl (C=O) groups is 1. The summed E-state index contributed by atoms with van der Waals surface area (Å²) in [6.45, 7) is 0.210. The fourth-order valence-electron chi connectivity index (χ4n) is 1.23. The van der Waals surface area contributed by atoms with Crippen LogP contribution in [0.4, 0.5) is 0 Å². The van der Waals surface area contributed by atoms with Gasteiger partial charge in [-0.05, 0) is 18.2 Å². The van der Waals surface area contributed by atoms with Crippen LogP contribution in [-0.2, 0) is 9.47 Å². The quantitative estimate of drug-likeness (QED) is 0.809. The summed E-state index contributed by atoms with van der Waals surface area (Å²) in [5.74, 6) is -0.461.